The summed E-state index contributed by atoms with van der Waals surface area (Å²) < 4.78 is 7.33. The molecular formula is C31H41N2O2+. The first-order chi connectivity index (χ1) is 17.0. The fraction of sp³-hybridized carbons (Fsp3) is 0.419. The Kier molecular flexibility index (Phi) is 9.89. The van der Waals surface area contributed by atoms with Gasteiger partial charge < -0.3 is 10.1 Å². The van der Waals surface area contributed by atoms with E-state index >= 15 is 0 Å². The number of fused-ring (bicyclic) bond motifs is 1. The minimum atomic E-state index is -0.116. The van der Waals surface area contributed by atoms with Crippen molar-refractivity contribution in [3.8, 4) is 0 Å². The first kappa shape index (κ1) is 26.5. The van der Waals surface area contributed by atoms with E-state index in [0.29, 0.717) is 6.42 Å². The number of esters is 1. The zero-order chi connectivity index (χ0) is 25.1. The molecule has 4 nitrogen and oxygen atoms in total. The number of benzene rings is 2. The van der Waals surface area contributed by atoms with E-state index in [9.17, 15) is 4.79 Å². The zero-order valence-electron chi connectivity index (χ0n) is 21.8. The summed E-state index contributed by atoms with van der Waals surface area (Å²) in [7, 11) is 1.46. The fourth-order valence-electron chi connectivity index (χ4n) is 4.89. The van der Waals surface area contributed by atoms with E-state index < -0.39 is 0 Å². The van der Waals surface area contributed by atoms with Crippen LogP contribution in [0.4, 0.5) is 11.4 Å². The molecule has 1 unspecified atom stereocenters. The summed E-state index contributed by atoms with van der Waals surface area (Å²) in [5, 5.41) is 3.33. The van der Waals surface area contributed by atoms with Crippen LogP contribution >= 0.6 is 0 Å². The fourth-order valence-corrected chi connectivity index (χ4v) is 4.89. The highest BCUT2D eigenvalue weighted by atomic mass is 16.5. The first-order valence-electron chi connectivity index (χ1n) is 13.0. The third-order valence-corrected chi connectivity index (χ3v) is 6.90. The van der Waals surface area contributed by atoms with Gasteiger partial charge in [-0.05, 0) is 51.0 Å². The highest BCUT2D eigenvalue weighted by Crippen LogP contribution is 2.44. The second-order valence-corrected chi connectivity index (χ2v) is 9.61. The number of carbonyl (C=O) groups excluding carboxylic acids is 1. The minimum absolute atomic E-state index is 0.0580. The van der Waals surface area contributed by atoms with Crippen LogP contribution in [0, 0.1) is 6.92 Å². The van der Waals surface area contributed by atoms with Gasteiger partial charge in [0.1, 0.15) is 6.54 Å². The Morgan fingerprint density at radius 2 is 1.86 bits per heavy atom. The molecule has 0 aromatic heterocycles. The van der Waals surface area contributed by atoms with E-state index in [-0.39, 0.29) is 11.4 Å². The van der Waals surface area contributed by atoms with Crippen molar-refractivity contribution in [2.45, 2.75) is 71.1 Å². The lowest BCUT2D eigenvalue weighted by atomic mass is 9.75. The van der Waals surface area contributed by atoms with Crippen LogP contribution in [0.3, 0.4) is 0 Å². The van der Waals surface area contributed by atoms with E-state index in [1.165, 1.54) is 36.1 Å². The summed E-state index contributed by atoms with van der Waals surface area (Å²) in [6, 6.07) is 17.1. The van der Waals surface area contributed by atoms with Gasteiger partial charge in [0.2, 0.25) is 5.69 Å². The van der Waals surface area contributed by atoms with Crippen LogP contribution in [0.2, 0.25) is 0 Å². The molecule has 0 radical (unpaired) electrons. The molecule has 186 valence electrons. The Hall–Kier alpha value is -3.14. The van der Waals surface area contributed by atoms with E-state index in [0.717, 1.165) is 44.3 Å². The Morgan fingerprint density at radius 3 is 2.60 bits per heavy atom. The van der Waals surface area contributed by atoms with Crippen molar-refractivity contribution in [2.75, 3.05) is 19.0 Å². The molecule has 1 heterocycles. The van der Waals surface area contributed by atoms with Gasteiger partial charge in [-0.1, -0.05) is 62.1 Å². The highest BCUT2D eigenvalue weighted by molar-refractivity contribution is 6.03. The molecule has 0 amide bonds. The lowest BCUT2D eigenvalue weighted by Gasteiger charge is -2.23. The number of rotatable bonds is 13. The third kappa shape index (κ3) is 6.94. The number of nitrogens with zero attached hydrogens (tertiary/aromatic N) is 1. The molecule has 2 aromatic rings. The molecule has 0 saturated carbocycles. The normalized spacial score (nSPS) is 17.4. The molecule has 4 heteroatoms. The second-order valence-electron chi connectivity index (χ2n) is 9.61. The monoisotopic (exact) mass is 473 g/mol. The molecule has 1 atom stereocenters. The Bertz CT molecular complexity index is 1070. The number of carbonyl (C=O) groups is 1. The van der Waals surface area contributed by atoms with Crippen LogP contribution in [0.25, 0.3) is 0 Å². The number of anilines is 1. The smallest absolute Gasteiger partial charge is 0.305 e. The topological polar surface area (TPSA) is 41.3 Å². The Balaban J connectivity index is 1.83. The van der Waals surface area contributed by atoms with Gasteiger partial charge in [0.05, 0.1) is 12.5 Å². The van der Waals surface area contributed by atoms with Gasteiger partial charge in [-0.15, -0.1) is 0 Å². The average molecular weight is 474 g/mol. The summed E-state index contributed by atoms with van der Waals surface area (Å²) in [4.78, 5) is 11.5. The Labute approximate surface area is 211 Å². The molecule has 0 fully saturated rings. The highest BCUT2D eigenvalue weighted by Gasteiger charge is 2.46. The van der Waals surface area contributed by atoms with Crippen LogP contribution in [-0.4, -0.2) is 29.9 Å². The van der Waals surface area contributed by atoms with Crippen LogP contribution in [-0.2, 0) is 14.9 Å². The number of para-hydroxylation sites is 1. The van der Waals surface area contributed by atoms with Gasteiger partial charge in [-0.3, -0.25) is 4.79 Å². The summed E-state index contributed by atoms with van der Waals surface area (Å²) in [5.74, 6) is -0.116. The summed E-state index contributed by atoms with van der Waals surface area (Å²) in [5.41, 5.74) is 6.45. The van der Waals surface area contributed by atoms with Crippen molar-refractivity contribution < 1.29 is 14.1 Å². The summed E-state index contributed by atoms with van der Waals surface area (Å²) in [6.45, 7) is 7.85. The SMILES string of the molecule is CCCC[N+]1=C(/C=C/C=C/Nc2ccccc2)C(C)(CCCCCC(=O)OC)c2cc(C)ccc21. The average Bonchev–Trinajstić information content (AvgIpc) is 3.09. The van der Waals surface area contributed by atoms with Crippen molar-refractivity contribution in [3.05, 3.63) is 84.1 Å². The first-order valence-corrected chi connectivity index (χ1v) is 13.0. The van der Waals surface area contributed by atoms with Crippen molar-refractivity contribution in [1.82, 2.24) is 0 Å². The third-order valence-electron chi connectivity index (χ3n) is 6.90. The van der Waals surface area contributed by atoms with Gasteiger partial charge in [-0.2, -0.15) is 4.58 Å². The van der Waals surface area contributed by atoms with Gasteiger partial charge in [0.15, 0.2) is 5.71 Å². The minimum Gasteiger partial charge on any atom is -0.469 e. The van der Waals surface area contributed by atoms with Gasteiger partial charge in [0.25, 0.3) is 0 Å². The second kappa shape index (κ2) is 13.1. The van der Waals surface area contributed by atoms with E-state index in [4.69, 9.17) is 4.74 Å². The number of unbranched alkanes of at least 4 members (excludes halogenated alkanes) is 3. The standard InChI is InChI=1S/C31H40N2O2/c1-5-6-23-33-28-20-19-25(2)24-27(28)31(3,21-13-8-11-18-30(34)35-4)29(33)17-12-14-22-32-26-15-9-7-10-16-26/h7,9-10,12,14-17,19-20,22,24H,5-6,8,11,13,18,21,23H2,1-4H3/p+1. The predicted molar refractivity (Wildman–Crippen MR) is 147 cm³/mol. The van der Waals surface area contributed by atoms with E-state index in [1.54, 1.807) is 0 Å². The maximum Gasteiger partial charge on any atom is 0.305 e. The van der Waals surface area contributed by atoms with Gasteiger partial charge >= 0.3 is 5.97 Å². The van der Waals surface area contributed by atoms with E-state index in [2.05, 4.69) is 79.2 Å². The number of aryl methyl sites for hydroxylation is 1. The molecule has 1 N–H and O–H groups in total. The molecule has 0 spiro atoms. The molecule has 0 saturated heterocycles. The van der Waals surface area contributed by atoms with Crippen LogP contribution in [0.1, 0.15) is 69.9 Å². The summed E-state index contributed by atoms with van der Waals surface area (Å²) >= 11 is 0. The number of allylic oxidation sites excluding steroid dienone is 3. The number of methoxy groups -OCH3 is 1. The van der Waals surface area contributed by atoms with Crippen molar-refractivity contribution in [2.24, 2.45) is 0 Å². The van der Waals surface area contributed by atoms with Crippen molar-refractivity contribution >= 4 is 23.1 Å². The van der Waals surface area contributed by atoms with E-state index in [1.807, 2.05) is 24.4 Å². The molecule has 0 aliphatic carbocycles. The lowest BCUT2D eigenvalue weighted by Crippen LogP contribution is -2.31. The number of hydrogen-bond acceptors (Lipinski definition) is 3. The molecular weight excluding hydrogens is 432 g/mol. The van der Waals surface area contributed by atoms with Crippen molar-refractivity contribution in [1.29, 1.82) is 0 Å². The molecule has 2 aromatic carbocycles. The van der Waals surface area contributed by atoms with Crippen LogP contribution in [0.5, 0.6) is 0 Å². The molecule has 35 heavy (non-hydrogen) atoms. The maximum absolute atomic E-state index is 11.5. The molecule has 1 aliphatic heterocycles. The summed E-state index contributed by atoms with van der Waals surface area (Å²) in [6.07, 6.45) is 15.4. The zero-order valence-corrected chi connectivity index (χ0v) is 21.8. The van der Waals surface area contributed by atoms with Crippen LogP contribution in [0.15, 0.2) is 73.0 Å². The van der Waals surface area contributed by atoms with Gasteiger partial charge in [-0.25, -0.2) is 0 Å². The molecule has 1 aliphatic rings. The number of nitrogens with one attached hydrogen (secondary N) is 1. The number of ether oxygens (including phenoxy) is 1. The Morgan fingerprint density at radius 1 is 1.06 bits per heavy atom. The molecule has 3 rings (SSSR count). The van der Waals surface area contributed by atoms with Gasteiger partial charge in [0, 0.05) is 42.4 Å². The molecule has 0 bridgehead atoms. The number of hydrogen-bond donors (Lipinski definition) is 1. The maximum atomic E-state index is 11.5. The predicted octanol–water partition coefficient (Wildman–Crippen LogP) is 7.46. The lowest BCUT2D eigenvalue weighted by molar-refractivity contribution is -0.438. The quantitative estimate of drug-likeness (QED) is 0.142. The van der Waals surface area contributed by atoms with Crippen molar-refractivity contribution in [3.63, 3.8) is 0 Å². The largest absolute Gasteiger partial charge is 0.469 e. The van der Waals surface area contributed by atoms with Crippen LogP contribution < -0.4 is 5.32 Å².